The Labute approximate surface area is 48.2 Å². The molecule has 0 aromatic carbocycles. The first-order valence-electron chi connectivity index (χ1n) is 1.95. The van der Waals surface area contributed by atoms with E-state index in [1.807, 2.05) is 6.04 Å². The summed E-state index contributed by atoms with van der Waals surface area (Å²) in [6.07, 6.45) is 8.89. The van der Waals surface area contributed by atoms with Crippen molar-refractivity contribution in [3.63, 3.8) is 0 Å². The third kappa shape index (κ3) is 4.46. The van der Waals surface area contributed by atoms with Gasteiger partial charge < -0.3 is 0 Å². The molecular formula is C6H4N2. The molecule has 0 bridgehead atoms. The van der Waals surface area contributed by atoms with E-state index in [9.17, 15) is 0 Å². The lowest BCUT2D eigenvalue weighted by atomic mass is 10.5. The van der Waals surface area contributed by atoms with Crippen LogP contribution in [0.4, 0.5) is 0 Å². The highest BCUT2D eigenvalue weighted by Gasteiger charge is 1.57. The number of rotatable bonds is 1. The molecule has 8 heavy (non-hydrogen) atoms. The predicted molar refractivity (Wildman–Crippen MR) is 32.1 cm³/mol. The van der Waals surface area contributed by atoms with E-state index in [1.54, 1.807) is 6.07 Å². The quantitative estimate of drug-likeness (QED) is 0.274. The van der Waals surface area contributed by atoms with Crippen LogP contribution in [0.5, 0.6) is 0 Å². The number of nitrogens with zero attached hydrogens (tertiary/aromatic N) is 2. The van der Waals surface area contributed by atoms with Crippen LogP contribution in [-0.4, -0.2) is 6.21 Å². The Balaban J connectivity index is 3.51. The van der Waals surface area contributed by atoms with Crippen LogP contribution in [0.3, 0.4) is 0 Å². The van der Waals surface area contributed by atoms with E-state index < -0.39 is 0 Å². The van der Waals surface area contributed by atoms with Gasteiger partial charge in [-0.3, -0.25) is 0 Å². The van der Waals surface area contributed by atoms with Gasteiger partial charge in [0.05, 0.1) is 6.07 Å². The van der Waals surface area contributed by atoms with Crippen LogP contribution in [0.15, 0.2) is 17.1 Å². The summed E-state index contributed by atoms with van der Waals surface area (Å²) in [7, 11) is 0. The van der Waals surface area contributed by atoms with Gasteiger partial charge in [0.2, 0.25) is 0 Å². The van der Waals surface area contributed by atoms with E-state index in [4.69, 9.17) is 11.7 Å². The first-order chi connectivity index (χ1) is 3.91. The molecule has 0 heterocycles. The van der Waals surface area contributed by atoms with Crippen LogP contribution in [-0.2, 0) is 0 Å². The molecule has 0 amide bonds. The lowest BCUT2D eigenvalue weighted by Crippen LogP contribution is -1.58. The molecule has 0 aromatic heterocycles. The molecule has 0 atom stereocenters. The van der Waals surface area contributed by atoms with E-state index >= 15 is 0 Å². The molecule has 0 aliphatic carbocycles. The maximum absolute atomic E-state index is 7.92. The maximum atomic E-state index is 7.92. The zero-order valence-electron chi connectivity index (χ0n) is 4.20. The highest BCUT2D eigenvalue weighted by atomic mass is 14.6. The van der Waals surface area contributed by atoms with E-state index in [2.05, 4.69) is 4.99 Å². The van der Waals surface area contributed by atoms with Gasteiger partial charge in [-0.1, -0.05) is 6.42 Å². The average Bonchev–Trinajstić information content (AvgIpc) is 1.81. The molecule has 0 rings (SSSR count). The summed E-state index contributed by atoms with van der Waals surface area (Å²) < 4.78 is 0. The van der Waals surface area contributed by atoms with Gasteiger partial charge in [0.15, 0.2) is 0 Å². The second-order valence-corrected chi connectivity index (χ2v) is 0.895. The van der Waals surface area contributed by atoms with E-state index in [0.29, 0.717) is 0 Å². The number of nitriles is 1. The minimum absolute atomic E-state index is 1.29. The van der Waals surface area contributed by atoms with Crippen LogP contribution in [0, 0.1) is 23.8 Å². The van der Waals surface area contributed by atoms with Crippen molar-refractivity contribution in [2.75, 3.05) is 0 Å². The predicted octanol–water partition coefficient (Wildman–Crippen LogP) is 0.728. The minimum Gasteiger partial charge on any atom is -0.206 e. The van der Waals surface area contributed by atoms with Crippen molar-refractivity contribution in [3.8, 4) is 18.5 Å². The Morgan fingerprint density at radius 1 is 1.62 bits per heavy atom. The SMILES string of the molecule is C#CN=CC=CC#N. The van der Waals surface area contributed by atoms with Crippen LogP contribution in [0.2, 0.25) is 0 Å². The Morgan fingerprint density at radius 3 is 2.88 bits per heavy atom. The summed E-state index contributed by atoms with van der Waals surface area (Å²) in [5.41, 5.74) is 0. The van der Waals surface area contributed by atoms with Gasteiger partial charge in [-0.05, 0) is 6.08 Å². The lowest BCUT2D eigenvalue weighted by molar-refractivity contribution is 1.53. The number of allylic oxidation sites excluding steroid dienone is 2. The van der Waals surface area contributed by atoms with Crippen LogP contribution in [0.25, 0.3) is 0 Å². The van der Waals surface area contributed by atoms with Gasteiger partial charge in [-0.2, -0.15) is 5.26 Å². The molecule has 0 aliphatic rings. The monoisotopic (exact) mass is 104 g/mol. The molecule has 2 heteroatoms. The molecular weight excluding hydrogens is 100 g/mol. The van der Waals surface area contributed by atoms with Crippen molar-refractivity contribution in [1.29, 1.82) is 5.26 Å². The molecule has 0 N–H and O–H groups in total. The largest absolute Gasteiger partial charge is 0.206 e. The third-order valence-electron chi connectivity index (χ3n) is 0.406. The number of hydrogen-bond donors (Lipinski definition) is 0. The smallest absolute Gasteiger partial charge is 0.0912 e. The van der Waals surface area contributed by atoms with Crippen molar-refractivity contribution in [1.82, 2.24) is 0 Å². The number of hydrogen-bond acceptors (Lipinski definition) is 2. The van der Waals surface area contributed by atoms with E-state index in [1.165, 1.54) is 18.4 Å². The van der Waals surface area contributed by atoms with Gasteiger partial charge in [0.1, 0.15) is 0 Å². The second kappa shape index (κ2) is 5.46. The molecule has 0 saturated carbocycles. The standard InChI is InChI=1S/C6H4N2/c1-2-8-6-4-3-5-7/h1,3-4,6H. The minimum atomic E-state index is 1.29. The molecule has 0 saturated heterocycles. The highest BCUT2D eigenvalue weighted by molar-refractivity contribution is 5.72. The number of terminal acetylenes is 1. The maximum Gasteiger partial charge on any atom is 0.0912 e. The molecule has 0 unspecified atom stereocenters. The Hall–Kier alpha value is -1.54. The zero-order chi connectivity index (χ0) is 6.24. The van der Waals surface area contributed by atoms with Crippen molar-refractivity contribution in [2.45, 2.75) is 0 Å². The molecule has 0 fully saturated rings. The van der Waals surface area contributed by atoms with Crippen LogP contribution >= 0.6 is 0 Å². The third-order valence-corrected chi connectivity index (χ3v) is 0.406. The fraction of sp³-hybridized carbons (Fsp3) is 0. The topological polar surface area (TPSA) is 36.1 Å². The summed E-state index contributed by atoms with van der Waals surface area (Å²) in [5.74, 6) is 0. The average molecular weight is 104 g/mol. The summed E-state index contributed by atoms with van der Waals surface area (Å²) in [4.78, 5) is 3.37. The zero-order valence-corrected chi connectivity index (χ0v) is 4.20. The fourth-order valence-corrected chi connectivity index (χ4v) is 0.172. The molecule has 2 nitrogen and oxygen atoms in total. The lowest BCUT2D eigenvalue weighted by Gasteiger charge is -1.61. The van der Waals surface area contributed by atoms with E-state index in [0.717, 1.165) is 0 Å². The molecule has 0 spiro atoms. The normalized spacial score (nSPS) is 9.25. The Bertz CT molecular complexity index is 154. The summed E-state index contributed by atoms with van der Waals surface area (Å²) in [6.45, 7) is 0. The first kappa shape index (κ1) is 6.46. The number of aliphatic imine (C=N–C) groups is 1. The molecule has 38 valence electrons. The summed E-state index contributed by atoms with van der Waals surface area (Å²) >= 11 is 0. The Morgan fingerprint density at radius 2 is 2.38 bits per heavy atom. The van der Waals surface area contributed by atoms with Crippen molar-refractivity contribution in [2.24, 2.45) is 4.99 Å². The summed E-state index contributed by atoms with van der Waals surface area (Å²) in [5, 5.41) is 7.92. The highest BCUT2D eigenvalue weighted by Crippen LogP contribution is 1.63. The summed E-state index contributed by atoms with van der Waals surface area (Å²) in [6, 6.07) is 3.82. The van der Waals surface area contributed by atoms with Crippen LogP contribution in [0.1, 0.15) is 0 Å². The second-order valence-electron chi connectivity index (χ2n) is 0.895. The van der Waals surface area contributed by atoms with E-state index in [-0.39, 0.29) is 0 Å². The molecule has 0 aromatic rings. The van der Waals surface area contributed by atoms with Crippen molar-refractivity contribution < 1.29 is 0 Å². The van der Waals surface area contributed by atoms with Gasteiger partial charge in [0, 0.05) is 18.3 Å². The fourth-order valence-electron chi connectivity index (χ4n) is 0.172. The molecule has 0 aliphatic heterocycles. The van der Waals surface area contributed by atoms with Gasteiger partial charge in [-0.25, -0.2) is 4.99 Å². The van der Waals surface area contributed by atoms with Crippen LogP contribution < -0.4 is 0 Å². The van der Waals surface area contributed by atoms with Crippen molar-refractivity contribution in [3.05, 3.63) is 12.2 Å². The first-order valence-corrected chi connectivity index (χ1v) is 1.95. The van der Waals surface area contributed by atoms with Gasteiger partial charge in [0.25, 0.3) is 0 Å². The van der Waals surface area contributed by atoms with Crippen molar-refractivity contribution >= 4 is 6.21 Å². The van der Waals surface area contributed by atoms with Gasteiger partial charge in [-0.15, -0.1) is 0 Å². The Kier molecular flexibility index (Phi) is 4.41. The molecule has 0 radical (unpaired) electrons. The van der Waals surface area contributed by atoms with Gasteiger partial charge >= 0.3 is 0 Å².